The largest absolute Gasteiger partial charge is 0.353 e. The van der Waals surface area contributed by atoms with Gasteiger partial charge < -0.3 is 15.0 Å². The van der Waals surface area contributed by atoms with E-state index in [1.165, 1.54) is 11.1 Å². The van der Waals surface area contributed by atoms with Gasteiger partial charge in [-0.05, 0) is 36.6 Å². The molecule has 0 bridgehead atoms. The summed E-state index contributed by atoms with van der Waals surface area (Å²) in [5.74, 6) is -0.242. The third-order valence-corrected chi connectivity index (χ3v) is 5.65. The Morgan fingerprint density at radius 2 is 2.00 bits per heavy atom. The Kier molecular flexibility index (Phi) is 5.81. The van der Waals surface area contributed by atoms with Gasteiger partial charge in [0.15, 0.2) is 0 Å². The molecular formula is C23H27N5O2. The first-order chi connectivity index (χ1) is 14.5. The highest BCUT2D eigenvalue weighted by atomic mass is 16.2. The SMILES string of the molecule is Cc1ccccc1CN1CCNC(=O)[C@@H]1CC(=O)NCc1cn2cccc(C)c2n1. The van der Waals surface area contributed by atoms with Crippen LogP contribution in [0, 0.1) is 13.8 Å². The van der Waals surface area contributed by atoms with Crippen molar-refractivity contribution in [3.05, 3.63) is 71.2 Å². The summed E-state index contributed by atoms with van der Waals surface area (Å²) in [7, 11) is 0. The number of aryl methyl sites for hydroxylation is 2. The molecule has 156 valence electrons. The molecule has 0 radical (unpaired) electrons. The Bertz CT molecular complexity index is 1070. The number of rotatable bonds is 6. The maximum atomic E-state index is 12.6. The molecule has 1 aromatic carbocycles. The van der Waals surface area contributed by atoms with E-state index in [1.807, 2.05) is 48.0 Å². The minimum atomic E-state index is -0.471. The number of hydrogen-bond donors (Lipinski definition) is 2. The lowest BCUT2D eigenvalue weighted by Gasteiger charge is -2.35. The van der Waals surface area contributed by atoms with Crippen LogP contribution >= 0.6 is 0 Å². The maximum absolute atomic E-state index is 12.6. The molecular weight excluding hydrogens is 378 g/mol. The van der Waals surface area contributed by atoms with Crippen molar-refractivity contribution >= 4 is 17.5 Å². The highest BCUT2D eigenvalue weighted by Gasteiger charge is 2.31. The minimum Gasteiger partial charge on any atom is -0.353 e. The average molecular weight is 406 g/mol. The average Bonchev–Trinajstić information content (AvgIpc) is 3.15. The van der Waals surface area contributed by atoms with Crippen molar-refractivity contribution in [1.29, 1.82) is 0 Å². The molecule has 0 saturated carbocycles. The van der Waals surface area contributed by atoms with Gasteiger partial charge in [-0.3, -0.25) is 14.5 Å². The number of nitrogens with zero attached hydrogens (tertiary/aromatic N) is 3. The van der Waals surface area contributed by atoms with Crippen LogP contribution < -0.4 is 10.6 Å². The summed E-state index contributed by atoms with van der Waals surface area (Å²) in [6, 6.07) is 11.7. The molecule has 2 amide bonds. The molecule has 1 atom stereocenters. The van der Waals surface area contributed by atoms with Crippen LogP contribution in [0.3, 0.4) is 0 Å². The minimum absolute atomic E-state index is 0.0895. The van der Waals surface area contributed by atoms with Gasteiger partial charge >= 0.3 is 0 Å². The van der Waals surface area contributed by atoms with E-state index in [4.69, 9.17) is 0 Å². The number of imidazole rings is 1. The summed E-state index contributed by atoms with van der Waals surface area (Å²) in [5.41, 5.74) is 5.13. The standard InChI is InChI=1S/C23H27N5O2/c1-16-6-3-4-8-18(16)14-27-11-9-24-23(30)20(27)12-21(29)25-13-19-15-28-10-5-7-17(2)22(28)26-19/h3-8,10,15,20H,9,11-14H2,1-2H3,(H,24,30)(H,25,29)/t20-/m0/s1. The number of benzene rings is 1. The number of fused-ring (bicyclic) bond motifs is 1. The van der Waals surface area contributed by atoms with Crippen molar-refractivity contribution in [1.82, 2.24) is 24.9 Å². The quantitative estimate of drug-likeness (QED) is 0.657. The molecule has 30 heavy (non-hydrogen) atoms. The fourth-order valence-electron chi connectivity index (χ4n) is 3.91. The summed E-state index contributed by atoms with van der Waals surface area (Å²) in [6.45, 7) is 6.40. The lowest BCUT2D eigenvalue weighted by Crippen LogP contribution is -2.56. The monoisotopic (exact) mass is 405 g/mol. The summed E-state index contributed by atoms with van der Waals surface area (Å²) in [6.07, 6.45) is 3.99. The first-order valence-corrected chi connectivity index (χ1v) is 10.3. The molecule has 7 heteroatoms. The fourth-order valence-corrected chi connectivity index (χ4v) is 3.91. The van der Waals surface area contributed by atoms with Gasteiger partial charge in [0.2, 0.25) is 11.8 Å². The smallest absolute Gasteiger partial charge is 0.237 e. The Morgan fingerprint density at radius 3 is 2.80 bits per heavy atom. The van der Waals surface area contributed by atoms with E-state index in [1.54, 1.807) is 0 Å². The molecule has 1 aliphatic heterocycles. The van der Waals surface area contributed by atoms with E-state index >= 15 is 0 Å². The predicted molar refractivity (Wildman–Crippen MR) is 115 cm³/mol. The summed E-state index contributed by atoms with van der Waals surface area (Å²) in [5, 5.41) is 5.81. The first kappa shape index (κ1) is 20.1. The molecule has 0 spiro atoms. The number of piperazine rings is 1. The lowest BCUT2D eigenvalue weighted by atomic mass is 10.0. The van der Waals surface area contributed by atoms with E-state index in [2.05, 4.69) is 39.6 Å². The van der Waals surface area contributed by atoms with E-state index in [0.29, 0.717) is 19.6 Å². The lowest BCUT2D eigenvalue weighted by molar-refractivity contribution is -0.134. The van der Waals surface area contributed by atoms with E-state index < -0.39 is 6.04 Å². The number of nitrogens with one attached hydrogen (secondary N) is 2. The van der Waals surface area contributed by atoms with Crippen LogP contribution in [0.15, 0.2) is 48.8 Å². The van der Waals surface area contributed by atoms with E-state index in [-0.39, 0.29) is 18.2 Å². The number of hydrogen-bond acceptors (Lipinski definition) is 4. The van der Waals surface area contributed by atoms with Crippen molar-refractivity contribution in [2.45, 2.75) is 39.4 Å². The summed E-state index contributed by atoms with van der Waals surface area (Å²) < 4.78 is 1.95. The highest BCUT2D eigenvalue weighted by Crippen LogP contribution is 2.17. The molecule has 7 nitrogen and oxygen atoms in total. The number of carbonyl (C=O) groups is 2. The number of pyridine rings is 1. The second-order valence-electron chi connectivity index (χ2n) is 7.84. The van der Waals surface area contributed by atoms with Crippen molar-refractivity contribution in [2.75, 3.05) is 13.1 Å². The van der Waals surface area contributed by atoms with Gasteiger partial charge in [0, 0.05) is 32.0 Å². The normalized spacial score (nSPS) is 17.1. The van der Waals surface area contributed by atoms with Gasteiger partial charge in [0.1, 0.15) is 5.65 Å². The van der Waals surface area contributed by atoms with Crippen LogP contribution in [-0.4, -0.2) is 45.2 Å². The van der Waals surface area contributed by atoms with Crippen molar-refractivity contribution in [2.24, 2.45) is 0 Å². The van der Waals surface area contributed by atoms with Gasteiger partial charge in [0.25, 0.3) is 0 Å². The highest BCUT2D eigenvalue weighted by molar-refractivity contribution is 5.88. The summed E-state index contributed by atoms with van der Waals surface area (Å²) >= 11 is 0. The Balaban J connectivity index is 1.40. The maximum Gasteiger partial charge on any atom is 0.237 e. The van der Waals surface area contributed by atoms with Gasteiger partial charge in [-0.2, -0.15) is 0 Å². The van der Waals surface area contributed by atoms with Gasteiger partial charge in [-0.25, -0.2) is 4.98 Å². The third-order valence-electron chi connectivity index (χ3n) is 5.65. The third kappa shape index (κ3) is 4.36. The molecule has 1 fully saturated rings. The van der Waals surface area contributed by atoms with Gasteiger partial charge in [-0.1, -0.05) is 30.3 Å². The first-order valence-electron chi connectivity index (χ1n) is 10.3. The number of aromatic nitrogens is 2. The van der Waals surface area contributed by atoms with Crippen LogP contribution in [-0.2, 0) is 22.7 Å². The van der Waals surface area contributed by atoms with E-state index in [9.17, 15) is 9.59 Å². The second kappa shape index (κ2) is 8.67. The van der Waals surface area contributed by atoms with Crippen LogP contribution in [0.4, 0.5) is 0 Å². The predicted octanol–water partition coefficient (Wildman–Crippen LogP) is 1.96. The Morgan fingerprint density at radius 1 is 1.20 bits per heavy atom. The van der Waals surface area contributed by atoms with Crippen molar-refractivity contribution < 1.29 is 9.59 Å². The van der Waals surface area contributed by atoms with E-state index in [0.717, 1.165) is 23.4 Å². The second-order valence-corrected chi connectivity index (χ2v) is 7.84. The molecule has 4 rings (SSSR count). The number of carbonyl (C=O) groups excluding carboxylic acids is 2. The zero-order valence-corrected chi connectivity index (χ0v) is 17.4. The van der Waals surface area contributed by atoms with Crippen LogP contribution in [0.1, 0.15) is 28.8 Å². The van der Waals surface area contributed by atoms with Gasteiger partial charge in [-0.15, -0.1) is 0 Å². The molecule has 0 unspecified atom stereocenters. The fraction of sp³-hybridized carbons (Fsp3) is 0.348. The number of amides is 2. The van der Waals surface area contributed by atoms with Gasteiger partial charge in [0.05, 0.1) is 24.7 Å². The molecule has 2 aromatic heterocycles. The van der Waals surface area contributed by atoms with Crippen molar-refractivity contribution in [3.63, 3.8) is 0 Å². The van der Waals surface area contributed by atoms with Crippen LogP contribution in [0.2, 0.25) is 0 Å². The molecule has 3 aromatic rings. The van der Waals surface area contributed by atoms with Crippen LogP contribution in [0.25, 0.3) is 5.65 Å². The topological polar surface area (TPSA) is 78.7 Å². The zero-order valence-electron chi connectivity index (χ0n) is 17.4. The van der Waals surface area contributed by atoms with Crippen molar-refractivity contribution in [3.8, 4) is 0 Å². The Hall–Kier alpha value is -3.19. The molecule has 3 heterocycles. The molecule has 2 N–H and O–H groups in total. The Labute approximate surface area is 176 Å². The molecule has 0 aliphatic carbocycles. The van der Waals surface area contributed by atoms with Crippen LogP contribution in [0.5, 0.6) is 0 Å². The summed E-state index contributed by atoms with van der Waals surface area (Å²) in [4.78, 5) is 31.8. The zero-order chi connectivity index (χ0) is 21.1. The molecule has 1 saturated heterocycles. The molecule has 1 aliphatic rings.